The number of thiophene rings is 1. The molecule has 0 radical (unpaired) electrons. The maximum Gasteiger partial charge on any atom is 0.404 e. The molecule has 1 heterocycles. The summed E-state index contributed by atoms with van der Waals surface area (Å²) in [6, 6.07) is 20.6. The predicted octanol–water partition coefficient (Wildman–Crippen LogP) is 6.80. The van der Waals surface area contributed by atoms with E-state index in [-0.39, 0.29) is 17.9 Å². The summed E-state index contributed by atoms with van der Waals surface area (Å²) in [5.74, 6) is 0.265. The number of carbonyl (C=O) groups is 3. The van der Waals surface area contributed by atoms with Crippen LogP contribution in [-0.2, 0) is 6.54 Å². The zero-order chi connectivity index (χ0) is 29.8. The summed E-state index contributed by atoms with van der Waals surface area (Å²) in [6.45, 7) is 0.713. The van der Waals surface area contributed by atoms with Crippen LogP contribution in [0.1, 0.15) is 51.3 Å². The van der Waals surface area contributed by atoms with Crippen LogP contribution < -0.4 is 15.8 Å². The lowest BCUT2D eigenvalue weighted by Gasteiger charge is -2.37. The Kier molecular flexibility index (Phi) is 8.99. The van der Waals surface area contributed by atoms with E-state index in [1.165, 1.54) is 11.3 Å². The van der Waals surface area contributed by atoms with Crippen LogP contribution in [0.2, 0.25) is 5.02 Å². The summed E-state index contributed by atoms with van der Waals surface area (Å²) in [5, 5.41) is 12.8. The fourth-order valence-electron chi connectivity index (χ4n) is 5.63. The molecule has 0 aliphatic heterocycles. The first-order chi connectivity index (χ1) is 20.2. The first-order valence-electron chi connectivity index (χ1n) is 13.8. The fraction of sp³-hybridized carbons (Fsp3) is 0.281. The highest BCUT2D eigenvalue weighted by molar-refractivity contribution is 7.21. The van der Waals surface area contributed by atoms with Gasteiger partial charge in [-0.25, -0.2) is 4.79 Å². The van der Waals surface area contributed by atoms with Gasteiger partial charge >= 0.3 is 6.09 Å². The second-order valence-corrected chi connectivity index (χ2v) is 11.9. The van der Waals surface area contributed by atoms with Gasteiger partial charge in [-0.2, -0.15) is 0 Å². The minimum atomic E-state index is -1.02. The summed E-state index contributed by atoms with van der Waals surface area (Å²) in [7, 11) is 1.61. The van der Waals surface area contributed by atoms with Gasteiger partial charge in [0.1, 0.15) is 10.6 Å². The number of methoxy groups -OCH3 is 1. The Morgan fingerprint density at radius 3 is 2.36 bits per heavy atom. The molecule has 4 aromatic rings. The molecule has 42 heavy (non-hydrogen) atoms. The molecule has 3 aromatic carbocycles. The molecule has 0 atom stereocenters. The third-order valence-corrected chi connectivity index (χ3v) is 9.58. The van der Waals surface area contributed by atoms with Crippen LogP contribution in [-0.4, -0.2) is 47.6 Å². The molecule has 8 nitrogen and oxygen atoms in total. The number of carbonyl (C=O) groups excluding carboxylic acids is 2. The lowest BCUT2D eigenvalue weighted by atomic mass is 9.85. The standard InChI is InChI=1S/C32H32ClN3O5S/c1-41-26-15-12-22(20-8-10-21(11-9-20)30(34)37)16-23(26)18-36(24-13-6-19(7-14-24)17-35-32(39)40)31(38)29-28(33)25-4-2-3-5-27(25)42-29/h2-5,8-12,15-16,19,24,35H,6-7,13-14,17-18H2,1H3,(H2,34,37)(H,39,40). The number of hydrogen-bond acceptors (Lipinski definition) is 5. The highest BCUT2D eigenvalue weighted by atomic mass is 35.5. The van der Waals surface area contributed by atoms with E-state index >= 15 is 0 Å². The van der Waals surface area contributed by atoms with Crippen molar-refractivity contribution in [2.24, 2.45) is 11.7 Å². The molecule has 0 saturated heterocycles. The minimum absolute atomic E-state index is 0.0527. The molecule has 218 valence electrons. The number of benzene rings is 3. The van der Waals surface area contributed by atoms with Gasteiger partial charge in [0.25, 0.3) is 5.91 Å². The number of ether oxygens (including phenoxy) is 1. The number of rotatable bonds is 9. The van der Waals surface area contributed by atoms with Gasteiger partial charge in [-0.15, -0.1) is 11.3 Å². The summed E-state index contributed by atoms with van der Waals surface area (Å²) < 4.78 is 6.67. The van der Waals surface area contributed by atoms with E-state index in [1.807, 2.05) is 59.5 Å². The summed E-state index contributed by atoms with van der Waals surface area (Å²) in [4.78, 5) is 39.2. The highest BCUT2D eigenvalue weighted by Gasteiger charge is 2.32. The molecule has 1 aliphatic rings. The van der Waals surface area contributed by atoms with E-state index in [4.69, 9.17) is 27.2 Å². The average molecular weight is 606 g/mol. The van der Waals surface area contributed by atoms with Crippen molar-refractivity contribution in [3.63, 3.8) is 0 Å². The van der Waals surface area contributed by atoms with Crippen LogP contribution in [0.3, 0.4) is 0 Å². The number of primary amides is 1. The van der Waals surface area contributed by atoms with Crippen LogP contribution in [0.25, 0.3) is 21.2 Å². The van der Waals surface area contributed by atoms with Crippen molar-refractivity contribution in [2.45, 2.75) is 38.3 Å². The Morgan fingerprint density at radius 1 is 1.02 bits per heavy atom. The van der Waals surface area contributed by atoms with Crippen molar-refractivity contribution in [3.8, 4) is 16.9 Å². The Morgan fingerprint density at radius 2 is 1.71 bits per heavy atom. The zero-order valence-electron chi connectivity index (χ0n) is 23.1. The van der Waals surface area contributed by atoms with E-state index in [0.29, 0.717) is 34.3 Å². The summed E-state index contributed by atoms with van der Waals surface area (Å²) in [5.41, 5.74) is 8.50. The summed E-state index contributed by atoms with van der Waals surface area (Å²) >= 11 is 8.17. The minimum Gasteiger partial charge on any atom is -0.496 e. The molecule has 1 aliphatic carbocycles. The molecule has 0 bridgehead atoms. The lowest BCUT2D eigenvalue weighted by molar-refractivity contribution is 0.0592. The molecule has 1 fully saturated rings. The van der Waals surface area contributed by atoms with E-state index in [0.717, 1.165) is 52.5 Å². The van der Waals surface area contributed by atoms with Gasteiger partial charge < -0.3 is 25.8 Å². The maximum absolute atomic E-state index is 14.3. The third-order valence-electron chi connectivity index (χ3n) is 7.91. The Balaban J connectivity index is 1.47. The van der Waals surface area contributed by atoms with Crippen molar-refractivity contribution in [1.82, 2.24) is 10.2 Å². The SMILES string of the molecule is COc1ccc(-c2ccc(C(N)=O)cc2)cc1CN(C(=O)c1sc2ccccc2c1Cl)C1CCC(CNC(=O)O)CC1. The number of nitrogens with two attached hydrogens (primary N) is 1. The molecule has 1 saturated carbocycles. The molecule has 5 rings (SSSR count). The largest absolute Gasteiger partial charge is 0.496 e. The van der Waals surface area contributed by atoms with Gasteiger partial charge in [0.05, 0.1) is 12.1 Å². The number of carboxylic acid groups (broad SMARTS) is 1. The normalized spacial score (nSPS) is 16.6. The highest BCUT2D eigenvalue weighted by Crippen LogP contribution is 2.39. The van der Waals surface area contributed by atoms with Gasteiger partial charge in [-0.1, -0.05) is 48.0 Å². The molecule has 0 unspecified atom stereocenters. The van der Waals surface area contributed by atoms with Crippen LogP contribution in [0.5, 0.6) is 5.75 Å². The van der Waals surface area contributed by atoms with Crippen molar-refractivity contribution < 1.29 is 24.2 Å². The number of nitrogens with one attached hydrogen (secondary N) is 1. The van der Waals surface area contributed by atoms with E-state index in [1.54, 1.807) is 19.2 Å². The molecular formula is C32H32ClN3O5S. The van der Waals surface area contributed by atoms with Crippen molar-refractivity contribution in [3.05, 3.63) is 87.8 Å². The molecule has 0 spiro atoms. The van der Waals surface area contributed by atoms with E-state index in [9.17, 15) is 14.4 Å². The van der Waals surface area contributed by atoms with Crippen molar-refractivity contribution >= 4 is 50.9 Å². The smallest absolute Gasteiger partial charge is 0.404 e. The monoisotopic (exact) mass is 605 g/mol. The topological polar surface area (TPSA) is 122 Å². The number of nitrogens with zero attached hydrogens (tertiary/aromatic N) is 1. The van der Waals surface area contributed by atoms with Crippen LogP contribution in [0.15, 0.2) is 66.7 Å². The number of hydrogen-bond donors (Lipinski definition) is 3. The van der Waals surface area contributed by atoms with Crippen molar-refractivity contribution in [2.75, 3.05) is 13.7 Å². The molecule has 1 aromatic heterocycles. The molecule has 4 N–H and O–H groups in total. The van der Waals surface area contributed by atoms with E-state index in [2.05, 4.69) is 5.32 Å². The van der Waals surface area contributed by atoms with Crippen LogP contribution in [0, 0.1) is 5.92 Å². The number of amides is 3. The Bertz CT molecular complexity index is 1610. The second-order valence-electron chi connectivity index (χ2n) is 10.5. The van der Waals surface area contributed by atoms with Gasteiger partial charge in [0, 0.05) is 40.3 Å². The van der Waals surface area contributed by atoms with E-state index < -0.39 is 12.0 Å². The maximum atomic E-state index is 14.3. The first kappa shape index (κ1) is 29.4. The van der Waals surface area contributed by atoms with Gasteiger partial charge in [-0.3, -0.25) is 9.59 Å². The molecule has 3 amide bonds. The third kappa shape index (κ3) is 6.37. The average Bonchev–Trinajstić information content (AvgIpc) is 3.35. The molecular weight excluding hydrogens is 574 g/mol. The second kappa shape index (κ2) is 12.8. The van der Waals surface area contributed by atoms with Crippen LogP contribution in [0.4, 0.5) is 4.79 Å². The van der Waals surface area contributed by atoms with Gasteiger partial charge in [0.2, 0.25) is 5.91 Å². The quantitative estimate of drug-likeness (QED) is 0.194. The van der Waals surface area contributed by atoms with Gasteiger partial charge in [-0.05, 0) is 73.1 Å². The van der Waals surface area contributed by atoms with Crippen molar-refractivity contribution in [1.29, 1.82) is 0 Å². The molecule has 10 heteroatoms. The zero-order valence-corrected chi connectivity index (χ0v) is 24.7. The first-order valence-corrected chi connectivity index (χ1v) is 15.0. The summed E-state index contributed by atoms with van der Waals surface area (Å²) in [6.07, 6.45) is 2.08. The number of halogens is 1. The number of fused-ring (bicyclic) bond motifs is 1. The Hall–Kier alpha value is -4.08. The lowest BCUT2D eigenvalue weighted by Crippen LogP contribution is -2.43. The Labute approximate surface area is 253 Å². The fourth-order valence-corrected chi connectivity index (χ4v) is 7.10. The van der Waals surface area contributed by atoms with Gasteiger partial charge in [0.15, 0.2) is 0 Å². The predicted molar refractivity (Wildman–Crippen MR) is 165 cm³/mol. The van der Waals surface area contributed by atoms with Crippen LogP contribution >= 0.6 is 22.9 Å².